The van der Waals surface area contributed by atoms with Crippen LogP contribution in [0.15, 0.2) is 24.5 Å². The Kier molecular flexibility index (Phi) is 5.31. The number of carbonyl (C=O) groups excluding carboxylic acids is 2. The first-order chi connectivity index (χ1) is 10.1. The second kappa shape index (κ2) is 7.20. The Morgan fingerprint density at radius 1 is 1.43 bits per heavy atom. The molecule has 0 radical (unpaired) electrons. The molecule has 1 aliphatic rings. The van der Waals surface area contributed by atoms with Gasteiger partial charge in [-0.15, -0.1) is 0 Å². The second-order valence-corrected chi connectivity index (χ2v) is 5.51. The van der Waals surface area contributed by atoms with E-state index >= 15 is 0 Å². The van der Waals surface area contributed by atoms with Crippen molar-refractivity contribution in [3.63, 3.8) is 0 Å². The lowest BCUT2D eigenvalue weighted by atomic mass is 10.0. The molecule has 1 aromatic heterocycles. The Morgan fingerprint density at radius 2 is 2.24 bits per heavy atom. The number of pyridine rings is 1. The summed E-state index contributed by atoms with van der Waals surface area (Å²) in [6, 6.07) is 3.52. The zero-order valence-electron chi connectivity index (χ0n) is 12.8. The number of aromatic nitrogens is 1. The van der Waals surface area contributed by atoms with Crippen LogP contribution in [0.4, 0.5) is 0 Å². The Balaban J connectivity index is 2.04. The van der Waals surface area contributed by atoms with E-state index in [1.54, 1.807) is 29.2 Å². The van der Waals surface area contributed by atoms with Crippen molar-refractivity contribution in [3.8, 4) is 0 Å². The molecular weight excluding hydrogens is 266 g/mol. The summed E-state index contributed by atoms with van der Waals surface area (Å²) in [4.78, 5) is 32.2. The maximum absolute atomic E-state index is 12.6. The van der Waals surface area contributed by atoms with E-state index in [0.29, 0.717) is 19.5 Å². The Morgan fingerprint density at radius 3 is 2.90 bits per heavy atom. The second-order valence-electron chi connectivity index (χ2n) is 5.51. The summed E-state index contributed by atoms with van der Waals surface area (Å²) in [7, 11) is 1.79. The fourth-order valence-electron chi connectivity index (χ4n) is 2.79. The summed E-state index contributed by atoms with van der Waals surface area (Å²) < 4.78 is 0. The minimum absolute atomic E-state index is 0.0281. The lowest BCUT2D eigenvalue weighted by Gasteiger charge is -2.36. The van der Waals surface area contributed by atoms with Gasteiger partial charge < -0.3 is 9.80 Å². The Hall–Kier alpha value is -1.91. The van der Waals surface area contributed by atoms with Crippen LogP contribution in [0.5, 0.6) is 0 Å². The molecule has 5 nitrogen and oxygen atoms in total. The number of amides is 2. The van der Waals surface area contributed by atoms with E-state index in [1.165, 1.54) is 0 Å². The monoisotopic (exact) mass is 289 g/mol. The predicted octanol–water partition coefficient (Wildman–Crippen LogP) is 1.83. The molecule has 2 heterocycles. The van der Waals surface area contributed by atoms with Crippen LogP contribution in [0, 0.1) is 0 Å². The molecule has 2 amide bonds. The molecule has 1 unspecified atom stereocenters. The highest BCUT2D eigenvalue weighted by Gasteiger charge is 2.32. The Bertz CT molecular complexity index is 490. The average Bonchev–Trinajstić information content (AvgIpc) is 2.54. The third kappa shape index (κ3) is 3.80. The largest absolute Gasteiger partial charge is 0.340 e. The minimum atomic E-state index is -0.298. The summed E-state index contributed by atoms with van der Waals surface area (Å²) in [5.74, 6) is 0.100. The van der Waals surface area contributed by atoms with Crippen molar-refractivity contribution in [1.82, 2.24) is 14.8 Å². The molecule has 2 rings (SSSR count). The number of carbonyl (C=O) groups is 2. The van der Waals surface area contributed by atoms with E-state index in [0.717, 1.165) is 24.8 Å². The van der Waals surface area contributed by atoms with Crippen LogP contribution < -0.4 is 0 Å². The van der Waals surface area contributed by atoms with Gasteiger partial charge in [-0.25, -0.2) is 0 Å². The van der Waals surface area contributed by atoms with Crippen molar-refractivity contribution in [2.24, 2.45) is 0 Å². The van der Waals surface area contributed by atoms with E-state index in [2.05, 4.69) is 4.98 Å². The van der Waals surface area contributed by atoms with Gasteiger partial charge in [-0.05, 0) is 30.9 Å². The molecule has 1 fully saturated rings. The molecule has 21 heavy (non-hydrogen) atoms. The van der Waals surface area contributed by atoms with E-state index < -0.39 is 0 Å². The zero-order valence-corrected chi connectivity index (χ0v) is 12.8. The lowest BCUT2D eigenvalue weighted by Crippen LogP contribution is -2.52. The van der Waals surface area contributed by atoms with Gasteiger partial charge in [0.05, 0.1) is 0 Å². The average molecular weight is 289 g/mol. The van der Waals surface area contributed by atoms with Gasteiger partial charge in [0.1, 0.15) is 6.04 Å². The summed E-state index contributed by atoms with van der Waals surface area (Å²) in [5, 5.41) is 0. The van der Waals surface area contributed by atoms with Crippen molar-refractivity contribution < 1.29 is 9.59 Å². The van der Waals surface area contributed by atoms with Crippen LogP contribution in [0.2, 0.25) is 0 Å². The predicted molar refractivity (Wildman–Crippen MR) is 80.4 cm³/mol. The molecule has 114 valence electrons. The summed E-state index contributed by atoms with van der Waals surface area (Å²) in [6.07, 6.45) is 6.69. The summed E-state index contributed by atoms with van der Waals surface area (Å²) in [6.45, 7) is 3.07. The molecule has 0 bridgehead atoms. The molecule has 5 heteroatoms. The van der Waals surface area contributed by atoms with Crippen LogP contribution in [0.1, 0.15) is 38.2 Å². The van der Waals surface area contributed by atoms with Gasteiger partial charge in [0.15, 0.2) is 0 Å². The Labute approximate surface area is 126 Å². The first-order valence-corrected chi connectivity index (χ1v) is 7.56. The maximum Gasteiger partial charge on any atom is 0.245 e. The number of nitrogens with zero attached hydrogens (tertiary/aromatic N) is 3. The highest BCUT2D eigenvalue weighted by Crippen LogP contribution is 2.20. The van der Waals surface area contributed by atoms with Gasteiger partial charge in [-0.1, -0.05) is 13.0 Å². The first kappa shape index (κ1) is 15.5. The third-order valence-corrected chi connectivity index (χ3v) is 3.93. The zero-order chi connectivity index (χ0) is 15.2. The number of rotatable bonds is 4. The van der Waals surface area contributed by atoms with Gasteiger partial charge in [0.25, 0.3) is 0 Å². The van der Waals surface area contributed by atoms with Crippen LogP contribution in [-0.2, 0) is 16.1 Å². The van der Waals surface area contributed by atoms with Crippen molar-refractivity contribution in [2.75, 3.05) is 13.6 Å². The van der Waals surface area contributed by atoms with Gasteiger partial charge in [0, 0.05) is 39.0 Å². The quantitative estimate of drug-likeness (QED) is 0.849. The molecular formula is C16H23N3O2. The van der Waals surface area contributed by atoms with Crippen molar-refractivity contribution in [2.45, 2.75) is 45.2 Å². The summed E-state index contributed by atoms with van der Waals surface area (Å²) >= 11 is 0. The number of hydrogen-bond acceptors (Lipinski definition) is 3. The van der Waals surface area contributed by atoms with E-state index in [9.17, 15) is 9.59 Å². The van der Waals surface area contributed by atoms with E-state index in [4.69, 9.17) is 0 Å². The molecule has 0 spiro atoms. The summed E-state index contributed by atoms with van der Waals surface area (Å²) in [5.41, 5.74) is 0.998. The maximum atomic E-state index is 12.6. The smallest absolute Gasteiger partial charge is 0.245 e. The van der Waals surface area contributed by atoms with Crippen molar-refractivity contribution in [1.29, 1.82) is 0 Å². The van der Waals surface area contributed by atoms with Crippen molar-refractivity contribution >= 4 is 11.8 Å². The van der Waals surface area contributed by atoms with Gasteiger partial charge >= 0.3 is 0 Å². The highest BCUT2D eigenvalue weighted by atomic mass is 16.2. The molecule has 0 aliphatic carbocycles. The van der Waals surface area contributed by atoms with Crippen LogP contribution in [-0.4, -0.2) is 46.2 Å². The number of likely N-dealkylation sites (N-methyl/N-ethyl adjacent to an activating group) is 1. The van der Waals surface area contributed by atoms with Gasteiger partial charge in [-0.2, -0.15) is 0 Å². The molecule has 1 saturated heterocycles. The number of hydrogen-bond donors (Lipinski definition) is 0. The lowest BCUT2D eigenvalue weighted by molar-refractivity contribution is -0.147. The highest BCUT2D eigenvalue weighted by molar-refractivity contribution is 5.87. The first-order valence-electron chi connectivity index (χ1n) is 7.56. The number of piperidine rings is 1. The SMILES string of the molecule is CCC(=O)N1CCCCC1C(=O)N(C)Cc1cccnc1. The molecule has 1 aliphatic heterocycles. The molecule has 0 N–H and O–H groups in total. The fraction of sp³-hybridized carbons (Fsp3) is 0.562. The third-order valence-electron chi connectivity index (χ3n) is 3.93. The van der Waals surface area contributed by atoms with Crippen LogP contribution >= 0.6 is 0 Å². The van der Waals surface area contributed by atoms with E-state index in [1.807, 2.05) is 19.1 Å². The topological polar surface area (TPSA) is 53.5 Å². The van der Waals surface area contributed by atoms with Gasteiger partial charge in [-0.3, -0.25) is 14.6 Å². The van der Waals surface area contributed by atoms with Gasteiger partial charge in [0.2, 0.25) is 11.8 Å². The van der Waals surface area contributed by atoms with E-state index in [-0.39, 0.29) is 17.9 Å². The standard InChI is InChI=1S/C16H23N3O2/c1-3-15(20)19-10-5-4-8-14(19)16(21)18(2)12-13-7-6-9-17-11-13/h6-7,9,11,14H,3-5,8,10,12H2,1-2H3. The fourth-order valence-corrected chi connectivity index (χ4v) is 2.79. The molecule has 0 aromatic carbocycles. The molecule has 1 aromatic rings. The van der Waals surface area contributed by atoms with Crippen LogP contribution in [0.25, 0.3) is 0 Å². The molecule has 0 saturated carbocycles. The van der Waals surface area contributed by atoms with Crippen molar-refractivity contribution in [3.05, 3.63) is 30.1 Å². The van der Waals surface area contributed by atoms with Crippen LogP contribution in [0.3, 0.4) is 0 Å². The number of likely N-dealkylation sites (tertiary alicyclic amines) is 1. The normalized spacial score (nSPS) is 18.4. The molecule has 1 atom stereocenters. The minimum Gasteiger partial charge on any atom is -0.340 e.